The van der Waals surface area contributed by atoms with Gasteiger partial charge in [-0.1, -0.05) is 32.0 Å². The summed E-state index contributed by atoms with van der Waals surface area (Å²) in [5.41, 5.74) is 10.4. The highest BCUT2D eigenvalue weighted by atomic mass is 14.6. The summed E-state index contributed by atoms with van der Waals surface area (Å²) in [5, 5.41) is 0. The van der Waals surface area contributed by atoms with E-state index in [9.17, 15) is 0 Å². The van der Waals surface area contributed by atoms with Gasteiger partial charge in [-0.05, 0) is 54.3 Å². The van der Waals surface area contributed by atoms with Crippen molar-refractivity contribution >= 4 is 0 Å². The highest BCUT2D eigenvalue weighted by Gasteiger charge is 2.25. The van der Waals surface area contributed by atoms with E-state index in [-0.39, 0.29) is 0 Å². The Balaban J connectivity index is 2.41. The molecule has 1 aromatic carbocycles. The van der Waals surface area contributed by atoms with Crippen molar-refractivity contribution in [3.8, 4) is 0 Å². The van der Waals surface area contributed by atoms with Gasteiger partial charge in [0.2, 0.25) is 0 Å². The van der Waals surface area contributed by atoms with Crippen molar-refractivity contribution < 1.29 is 0 Å². The van der Waals surface area contributed by atoms with E-state index in [2.05, 4.69) is 32.0 Å². The van der Waals surface area contributed by atoms with E-state index in [0.717, 1.165) is 18.9 Å². The lowest BCUT2D eigenvalue weighted by molar-refractivity contribution is 0.408. The summed E-state index contributed by atoms with van der Waals surface area (Å²) >= 11 is 0. The molecule has 0 aliphatic heterocycles. The third-order valence-corrected chi connectivity index (χ3v) is 3.83. The molecule has 0 bridgehead atoms. The second-order valence-corrected chi connectivity index (χ2v) is 4.74. The van der Waals surface area contributed by atoms with E-state index >= 15 is 0 Å². The van der Waals surface area contributed by atoms with Crippen molar-refractivity contribution in [2.75, 3.05) is 6.54 Å². The smallest absolute Gasteiger partial charge is 0.000556 e. The van der Waals surface area contributed by atoms with Crippen molar-refractivity contribution in [1.29, 1.82) is 0 Å². The van der Waals surface area contributed by atoms with Gasteiger partial charge in [-0.2, -0.15) is 0 Å². The van der Waals surface area contributed by atoms with E-state index in [0.29, 0.717) is 5.92 Å². The fourth-order valence-corrected chi connectivity index (χ4v) is 2.69. The largest absolute Gasteiger partial charge is 0.330 e. The molecule has 1 nitrogen and oxygen atoms in total. The number of aryl methyl sites for hydroxylation is 2. The van der Waals surface area contributed by atoms with Crippen molar-refractivity contribution in [3.05, 3.63) is 34.9 Å². The second-order valence-electron chi connectivity index (χ2n) is 4.74. The normalized spacial score (nSPS) is 25.0. The van der Waals surface area contributed by atoms with Crippen LogP contribution in [0.4, 0.5) is 0 Å². The Bertz CT molecular complexity index is 343. The van der Waals surface area contributed by atoms with Gasteiger partial charge in [0, 0.05) is 0 Å². The zero-order valence-electron chi connectivity index (χ0n) is 9.79. The van der Waals surface area contributed by atoms with Gasteiger partial charge < -0.3 is 5.73 Å². The molecule has 0 radical (unpaired) electrons. The van der Waals surface area contributed by atoms with Crippen LogP contribution in [0.5, 0.6) is 0 Å². The molecule has 0 amide bonds. The summed E-state index contributed by atoms with van der Waals surface area (Å²) in [5.74, 6) is 1.33. The minimum atomic E-state index is 0.584. The van der Waals surface area contributed by atoms with Crippen LogP contribution in [0.15, 0.2) is 18.2 Å². The van der Waals surface area contributed by atoms with E-state index in [1.54, 1.807) is 0 Å². The summed E-state index contributed by atoms with van der Waals surface area (Å²) in [7, 11) is 0. The van der Waals surface area contributed by atoms with Gasteiger partial charge in [0.1, 0.15) is 0 Å². The molecule has 0 spiro atoms. The molecule has 15 heavy (non-hydrogen) atoms. The molecule has 0 saturated carbocycles. The Kier molecular flexibility index (Phi) is 3.11. The van der Waals surface area contributed by atoms with Crippen molar-refractivity contribution in [2.45, 2.75) is 39.0 Å². The summed E-state index contributed by atoms with van der Waals surface area (Å²) in [6.07, 6.45) is 3.65. The standard InChI is InChI=1S/C14H21N/c1-3-11-5-7-12-6-4-10(2)14(9-15)13(12)8-11/h5,7-8,10,14H,3-4,6,9,15H2,1-2H3. The summed E-state index contributed by atoms with van der Waals surface area (Å²) < 4.78 is 0. The molecule has 1 heteroatoms. The molecule has 82 valence electrons. The molecule has 2 rings (SSSR count). The third kappa shape index (κ3) is 1.93. The van der Waals surface area contributed by atoms with Gasteiger partial charge in [-0.25, -0.2) is 0 Å². The van der Waals surface area contributed by atoms with Crippen LogP contribution in [-0.2, 0) is 12.8 Å². The van der Waals surface area contributed by atoms with Gasteiger partial charge in [0.15, 0.2) is 0 Å². The maximum absolute atomic E-state index is 5.90. The van der Waals surface area contributed by atoms with E-state index in [1.807, 2.05) is 0 Å². The Labute approximate surface area is 92.7 Å². The number of hydrogen-bond acceptors (Lipinski definition) is 1. The molecule has 0 fully saturated rings. The van der Waals surface area contributed by atoms with E-state index in [4.69, 9.17) is 5.73 Å². The monoisotopic (exact) mass is 203 g/mol. The molecule has 2 unspecified atom stereocenters. The first kappa shape index (κ1) is 10.7. The predicted molar refractivity (Wildman–Crippen MR) is 65.1 cm³/mol. The molecule has 1 aromatic rings. The molecule has 2 N–H and O–H groups in total. The van der Waals surface area contributed by atoms with Gasteiger partial charge in [-0.15, -0.1) is 0 Å². The highest BCUT2D eigenvalue weighted by Crippen LogP contribution is 2.35. The van der Waals surface area contributed by atoms with Crippen LogP contribution < -0.4 is 5.73 Å². The zero-order chi connectivity index (χ0) is 10.8. The maximum atomic E-state index is 5.90. The molecule has 0 heterocycles. The molecule has 0 saturated heterocycles. The van der Waals surface area contributed by atoms with Crippen LogP contribution in [0, 0.1) is 5.92 Å². The lowest BCUT2D eigenvalue weighted by atomic mass is 9.75. The topological polar surface area (TPSA) is 26.0 Å². The fraction of sp³-hybridized carbons (Fsp3) is 0.571. The van der Waals surface area contributed by atoms with Gasteiger partial charge in [0.25, 0.3) is 0 Å². The first-order valence-electron chi connectivity index (χ1n) is 6.08. The maximum Gasteiger partial charge on any atom is -0.000556 e. The minimum Gasteiger partial charge on any atom is -0.330 e. The van der Waals surface area contributed by atoms with Crippen LogP contribution in [0.25, 0.3) is 0 Å². The molecular weight excluding hydrogens is 182 g/mol. The summed E-state index contributed by atoms with van der Waals surface area (Å²) in [6, 6.07) is 6.95. The SMILES string of the molecule is CCc1ccc2c(c1)C(CN)C(C)CC2. The molecule has 1 aliphatic rings. The average Bonchev–Trinajstić information content (AvgIpc) is 2.28. The molecule has 1 aliphatic carbocycles. The van der Waals surface area contributed by atoms with Crippen molar-refractivity contribution in [3.63, 3.8) is 0 Å². The van der Waals surface area contributed by atoms with Crippen molar-refractivity contribution in [2.24, 2.45) is 11.7 Å². The number of nitrogens with two attached hydrogens (primary N) is 1. The average molecular weight is 203 g/mol. The minimum absolute atomic E-state index is 0.584. The Morgan fingerprint density at radius 2 is 2.20 bits per heavy atom. The van der Waals surface area contributed by atoms with Crippen LogP contribution in [-0.4, -0.2) is 6.54 Å². The van der Waals surface area contributed by atoms with Crippen molar-refractivity contribution in [1.82, 2.24) is 0 Å². The number of hydrogen-bond donors (Lipinski definition) is 1. The van der Waals surface area contributed by atoms with E-state index in [1.165, 1.54) is 29.5 Å². The third-order valence-electron chi connectivity index (χ3n) is 3.83. The Hall–Kier alpha value is -0.820. The van der Waals surface area contributed by atoms with Crippen LogP contribution in [0.2, 0.25) is 0 Å². The quantitative estimate of drug-likeness (QED) is 0.786. The molecule has 2 atom stereocenters. The number of benzene rings is 1. The lowest BCUT2D eigenvalue weighted by Gasteiger charge is -2.31. The van der Waals surface area contributed by atoms with Crippen LogP contribution in [0.1, 0.15) is 42.9 Å². The fourth-order valence-electron chi connectivity index (χ4n) is 2.69. The molecular formula is C14H21N. The van der Waals surface area contributed by atoms with Gasteiger partial charge in [-0.3, -0.25) is 0 Å². The lowest BCUT2D eigenvalue weighted by Crippen LogP contribution is -2.25. The van der Waals surface area contributed by atoms with Crippen LogP contribution in [0.3, 0.4) is 0 Å². The number of rotatable bonds is 2. The predicted octanol–water partition coefficient (Wildman–Crippen LogP) is 2.87. The van der Waals surface area contributed by atoms with Gasteiger partial charge in [0.05, 0.1) is 0 Å². The first-order chi connectivity index (χ1) is 7.26. The summed E-state index contributed by atoms with van der Waals surface area (Å²) in [4.78, 5) is 0. The van der Waals surface area contributed by atoms with E-state index < -0.39 is 0 Å². The zero-order valence-corrected chi connectivity index (χ0v) is 9.79. The first-order valence-corrected chi connectivity index (χ1v) is 6.08. The highest BCUT2D eigenvalue weighted by molar-refractivity contribution is 5.37. The van der Waals surface area contributed by atoms with Crippen LogP contribution >= 0.6 is 0 Å². The van der Waals surface area contributed by atoms with Gasteiger partial charge >= 0.3 is 0 Å². The Morgan fingerprint density at radius 3 is 2.87 bits per heavy atom. The summed E-state index contributed by atoms with van der Waals surface area (Å²) in [6.45, 7) is 5.34. The molecule has 0 aromatic heterocycles. The second kappa shape index (κ2) is 4.36. The number of fused-ring (bicyclic) bond motifs is 1. The Morgan fingerprint density at radius 1 is 1.40 bits per heavy atom.